The largest absolute Gasteiger partial charge is 0.368 e. The van der Waals surface area contributed by atoms with E-state index in [4.69, 9.17) is 11.6 Å². The monoisotopic (exact) mass is 242 g/mol. The van der Waals surface area contributed by atoms with Crippen molar-refractivity contribution < 1.29 is 0 Å². The molecule has 1 rings (SSSR count). The summed E-state index contributed by atoms with van der Waals surface area (Å²) >= 11 is 5.86. The molecule has 2 N–H and O–H groups in total. The quantitative estimate of drug-likeness (QED) is 0.779. The minimum absolute atomic E-state index is 0.261. The molecule has 4 nitrogen and oxygen atoms in total. The van der Waals surface area contributed by atoms with Crippen LogP contribution in [0.3, 0.4) is 0 Å². The van der Waals surface area contributed by atoms with Crippen molar-refractivity contribution in [3.8, 4) is 0 Å². The van der Waals surface area contributed by atoms with E-state index in [0.717, 1.165) is 18.1 Å². The molecule has 16 heavy (non-hydrogen) atoms. The molecule has 1 atom stereocenters. The summed E-state index contributed by atoms with van der Waals surface area (Å²) in [6, 6.07) is 2.57. The third-order valence-corrected chi connectivity index (χ3v) is 2.31. The Kier molecular flexibility index (Phi) is 4.80. The second kappa shape index (κ2) is 5.89. The average molecular weight is 243 g/mol. The fourth-order valence-corrected chi connectivity index (χ4v) is 1.40. The van der Waals surface area contributed by atoms with Gasteiger partial charge in [-0.1, -0.05) is 6.92 Å². The first-order chi connectivity index (χ1) is 7.51. The number of aromatic nitrogens is 2. The fraction of sp³-hybridized carbons (Fsp3) is 0.636. The highest BCUT2D eigenvalue weighted by atomic mass is 35.5. The maximum atomic E-state index is 5.86. The van der Waals surface area contributed by atoms with Crippen LogP contribution in [0.2, 0.25) is 5.28 Å². The smallest absolute Gasteiger partial charge is 0.226 e. The molecule has 0 aliphatic heterocycles. The standard InChI is InChI=1S/C11H19ClN4/c1-5-8(4)14-10-6-9(13-7(2)3)15-11(12)16-10/h6-8H,5H2,1-4H3,(H2,13,14,15,16). The van der Waals surface area contributed by atoms with Gasteiger partial charge in [-0.25, -0.2) is 9.97 Å². The van der Waals surface area contributed by atoms with Crippen LogP contribution in [-0.4, -0.2) is 22.1 Å². The SMILES string of the molecule is CCC(C)Nc1cc(NC(C)C)nc(Cl)n1. The molecule has 5 heteroatoms. The van der Waals surface area contributed by atoms with Gasteiger partial charge in [0, 0.05) is 18.2 Å². The van der Waals surface area contributed by atoms with Crippen LogP contribution in [0.1, 0.15) is 34.1 Å². The Balaban J connectivity index is 2.81. The third-order valence-electron chi connectivity index (χ3n) is 2.14. The van der Waals surface area contributed by atoms with Crippen molar-refractivity contribution in [2.75, 3.05) is 10.6 Å². The number of anilines is 2. The van der Waals surface area contributed by atoms with Gasteiger partial charge in [0.15, 0.2) is 0 Å². The van der Waals surface area contributed by atoms with Crippen molar-refractivity contribution in [2.45, 2.75) is 46.2 Å². The summed E-state index contributed by atoms with van der Waals surface area (Å²) in [6.45, 7) is 8.33. The normalized spacial score (nSPS) is 12.6. The van der Waals surface area contributed by atoms with E-state index in [9.17, 15) is 0 Å². The maximum Gasteiger partial charge on any atom is 0.226 e. The van der Waals surface area contributed by atoms with Crippen molar-refractivity contribution in [1.29, 1.82) is 0 Å². The lowest BCUT2D eigenvalue weighted by Crippen LogP contribution is -2.16. The molecule has 1 unspecified atom stereocenters. The highest BCUT2D eigenvalue weighted by Crippen LogP contribution is 2.16. The molecule has 0 aromatic carbocycles. The minimum atomic E-state index is 0.261. The lowest BCUT2D eigenvalue weighted by Gasteiger charge is -2.14. The van der Waals surface area contributed by atoms with Crippen molar-refractivity contribution in [3.63, 3.8) is 0 Å². The van der Waals surface area contributed by atoms with Gasteiger partial charge < -0.3 is 10.6 Å². The molecule has 1 heterocycles. The minimum Gasteiger partial charge on any atom is -0.368 e. The van der Waals surface area contributed by atoms with E-state index in [-0.39, 0.29) is 5.28 Å². The summed E-state index contributed by atoms with van der Waals surface area (Å²) in [7, 11) is 0. The summed E-state index contributed by atoms with van der Waals surface area (Å²) in [5.74, 6) is 1.51. The van der Waals surface area contributed by atoms with Gasteiger partial charge >= 0.3 is 0 Å². The average Bonchev–Trinajstić information content (AvgIpc) is 2.15. The zero-order valence-electron chi connectivity index (χ0n) is 10.2. The number of rotatable bonds is 5. The molecule has 0 aliphatic rings. The van der Waals surface area contributed by atoms with Crippen LogP contribution >= 0.6 is 11.6 Å². The molecule has 0 amide bonds. The molecule has 0 saturated heterocycles. The molecule has 0 radical (unpaired) electrons. The second-order valence-corrected chi connectivity index (χ2v) is 4.50. The topological polar surface area (TPSA) is 49.8 Å². The summed E-state index contributed by atoms with van der Waals surface area (Å²) in [6.07, 6.45) is 1.04. The van der Waals surface area contributed by atoms with Gasteiger partial charge in [0.1, 0.15) is 11.6 Å². The van der Waals surface area contributed by atoms with E-state index in [2.05, 4.69) is 48.3 Å². The second-order valence-electron chi connectivity index (χ2n) is 4.16. The van der Waals surface area contributed by atoms with Gasteiger partial charge in [-0.3, -0.25) is 0 Å². The molecule has 0 bridgehead atoms. The van der Waals surface area contributed by atoms with E-state index in [1.807, 2.05) is 6.07 Å². The van der Waals surface area contributed by atoms with Crippen molar-refractivity contribution in [1.82, 2.24) is 9.97 Å². The van der Waals surface area contributed by atoms with Crippen LogP contribution in [0.5, 0.6) is 0 Å². The molecule has 0 spiro atoms. The molecule has 90 valence electrons. The Morgan fingerprint density at radius 1 is 1.19 bits per heavy atom. The van der Waals surface area contributed by atoms with Crippen LogP contribution < -0.4 is 10.6 Å². The van der Waals surface area contributed by atoms with Crippen LogP contribution in [0, 0.1) is 0 Å². The molecule has 0 aliphatic carbocycles. The fourth-order valence-electron chi connectivity index (χ4n) is 1.22. The predicted octanol–water partition coefficient (Wildman–Crippen LogP) is 3.16. The summed E-state index contributed by atoms with van der Waals surface area (Å²) < 4.78 is 0. The summed E-state index contributed by atoms with van der Waals surface area (Å²) in [5.41, 5.74) is 0. The Morgan fingerprint density at radius 2 is 1.75 bits per heavy atom. The zero-order chi connectivity index (χ0) is 12.1. The first-order valence-corrected chi connectivity index (χ1v) is 5.96. The van der Waals surface area contributed by atoms with Gasteiger partial charge in [0.2, 0.25) is 5.28 Å². The summed E-state index contributed by atoms with van der Waals surface area (Å²) in [5, 5.41) is 6.73. The lowest BCUT2D eigenvalue weighted by atomic mass is 10.2. The van der Waals surface area contributed by atoms with Gasteiger partial charge in [-0.05, 0) is 38.8 Å². The number of nitrogens with one attached hydrogen (secondary N) is 2. The summed E-state index contributed by atoms with van der Waals surface area (Å²) in [4.78, 5) is 8.24. The highest BCUT2D eigenvalue weighted by molar-refractivity contribution is 6.28. The Morgan fingerprint density at radius 3 is 2.25 bits per heavy atom. The Labute approximate surface area is 102 Å². The van der Waals surface area contributed by atoms with Gasteiger partial charge in [0.05, 0.1) is 0 Å². The highest BCUT2D eigenvalue weighted by Gasteiger charge is 2.06. The van der Waals surface area contributed by atoms with E-state index in [1.165, 1.54) is 0 Å². The molecule has 1 aromatic heterocycles. The van der Waals surface area contributed by atoms with Crippen LogP contribution in [0.25, 0.3) is 0 Å². The van der Waals surface area contributed by atoms with Gasteiger partial charge in [0.25, 0.3) is 0 Å². The molecule has 1 aromatic rings. The van der Waals surface area contributed by atoms with Gasteiger partial charge in [-0.15, -0.1) is 0 Å². The van der Waals surface area contributed by atoms with E-state index < -0.39 is 0 Å². The predicted molar refractivity (Wildman–Crippen MR) is 69.2 cm³/mol. The number of hydrogen-bond acceptors (Lipinski definition) is 4. The third kappa shape index (κ3) is 4.23. The van der Waals surface area contributed by atoms with E-state index >= 15 is 0 Å². The van der Waals surface area contributed by atoms with Crippen LogP contribution in [-0.2, 0) is 0 Å². The lowest BCUT2D eigenvalue weighted by molar-refractivity contribution is 0.758. The Hall–Kier alpha value is -1.03. The van der Waals surface area contributed by atoms with E-state index in [1.54, 1.807) is 0 Å². The zero-order valence-corrected chi connectivity index (χ0v) is 11.0. The van der Waals surface area contributed by atoms with Crippen molar-refractivity contribution in [2.24, 2.45) is 0 Å². The van der Waals surface area contributed by atoms with E-state index in [0.29, 0.717) is 12.1 Å². The first-order valence-electron chi connectivity index (χ1n) is 5.59. The number of halogens is 1. The maximum absolute atomic E-state index is 5.86. The number of hydrogen-bond donors (Lipinski definition) is 2. The van der Waals surface area contributed by atoms with Crippen LogP contribution in [0.15, 0.2) is 6.07 Å². The molecule has 0 saturated carbocycles. The van der Waals surface area contributed by atoms with Gasteiger partial charge in [-0.2, -0.15) is 0 Å². The molecular formula is C11H19ClN4. The Bertz CT molecular complexity index is 341. The number of nitrogens with zero attached hydrogens (tertiary/aromatic N) is 2. The van der Waals surface area contributed by atoms with Crippen molar-refractivity contribution in [3.05, 3.63) is 11.3 Å². The first kappa shape index (κ1) is 13.0. The van der Waals surface area contributed by atoms with Crippen LogP contribution in [0.4, 0.5) is 11.6 Å². The van der Waals surface area contributed by atoms with Crippen molar-refractivity contribution >= 4 is 23.2 Å². The molecule has 0 fully saturated rings. The molecular weight excluding hydrogens is 224 g/mol.